The maximum Gasteiger partial charge on any atom is 0.0728 e. The molecule has 0 amide bonds. The predicted molar refractivity (Wildman–Crippen MR) is 109 cm³/mol. The molecule has 0 bridgehead atoms. The molecule has 1 unspecified atom stereocenters. The van der Waals surface area contributed by atoms with E-state index in [1.807, 2.05) is 12.1 Å². The molecule has 140 valence electrons. The Morgan fingerprint density at radius 3 is 2.48 bits per heavy atom. The van der Waals surface area contributed by atoms with Crippen molar-refractivity contribution in [1.29, 1.82) is 0 Å². The van der Waals surface area contributed by atoms with Crippen molar-refractivity contribution in [3.63, 3.8) is 0 Å². The van der Waals surface area contributed by atoms with Gasteiger partial charge in [0.2, 0.25) is 0 Å². The average molecular weight is 385 g/mol. The first kappa shape index (κ1) is 22.3. The summed E-state index contributed by atoms with van der Waals surface area (Å²) in [6.07, 6.45) is 10.9. The van der Waals surface area contributed by atoms with Gasteiger partial charge in [-0.3, -0.25) is 0 Å². The van der Waals surface area contributed by atoms with Crippen molar-refractivity contribution in [2.75, 3.05) is 32.7 Å². The van der Waals surface area contributed by atoms with Crippen LogP contribution in [0.15, 0.2) is 24.3 Å². The monoisotopic (exact) mass is 384 g/mol. The van der Waals surface area contributed by atoms with Crippen molar-refractivity contribution in [2.24, 2.45) is 0 Å². The third-order valence-electron chi connectivity index (χ3n) is 5.47. The van der Waals surface area contributed by atoms with Crippen molar-refractivity contribution in [3.05, 3.63) is 35.4 Å². The fourth-order valence-corrected chi connectivity index (χ4v) is 4.10. The molecule has 25 heavy (non-hydrogen) atoms. The molecule has 3 nitrogen and oxygen atoms in total. The molecule has 1 saturated carbocycles. The van der Waals surface area contributed by atoms with Gasteiger partial charge in [-0.05, 0) is 30.5 Å². The highest BCUT2D eigenvalue weighted by molar-refractivity contribution is 5.85. The second-order valence-electron chi connectivity index (χ2n) is 7.04. The lowest BCUT2D eigenvalue weighted by Crippen LogP contribution is -2.49. The molecule has 1 heterocycles. The average Bonchev–Trinajstić information content (AvgIpc) is 2.61. The van der Waals surface area contributed by atoms with Gasteiger partial charge in [-0.2, -0.15) is 0 Å². The van der Waals surface area contributed by atoms with Crippen LogP contribution in [0.1, 0.15) is 49.1 Å². The first-order valence-corrected chi connectivity index (χ1v) is 8.93. The second-order valence-corrected chi connectivity index (χ2v) is 7.04. The Kier molecular flexibility index (Phi) is 9.27. The first-order chi connectivity index (χ1) is 11.2. The molecule has 2 fully saturated rings. The molecule has 0 radical (unpaired) electrons. The summed E-state index contributed by atoms with van der Waals surface area (Å²) in [4.78, 5) is 2.48. The molecule has 0 aromatic heterocycles. The third kappa shape index (κ3) is 5.61. The number of piperazine rings is 1. The summed E-state index contributed by atoms with van der Waals surface area (Å²) >= 11 is 0. The fourth-order valence-electron chi connectivity index (χ4n) is 4.10. The van der Waals surface area contributed by atoms with E-state index in [1.165, 1.54) is 12.0 Å². The predicted octanol–water partition coefficient (Wildman–Crippen LogP) is 3.20. The maximum absolute atomic E-state index is 11.4. The summed E-state index contributed by atoms with van der Waals surface area (Å²) in [5, 5.41) is 14.8. The molecule has 1 atom stereocenters. The van der Waals surface area contributed by atoms with E-state index in [-0.39, 0.29) is 30.7 Å². The van der Waals surface area contributed by atoms with E-state index >= 15 is 0 Å². The van der Waals surface area contributed by atoms with Gasteiger partial charge >= 0.3 is 0 Å². The van der Waals surface area contributed by atoms with Crippen molar-refractivity contribution in [1.82, 2.24) is 10.2 Å². The van der Waals surface area contributed by atoms with Crippen LogP contribution in [-0.4, -0.2) is 48.3 Å². The van der Waals surface area contributed by atoms with Crippen LogP contribution in [0.25, 0.3) is 0 Å². The summed E-state index contributed by atoms with van der Waals surface area (Å²) in [6.45, 7) is 5.11. The smallest absolute Gasteiger partial charge is 0.0728 e. The minimum absolute atomic E-state index is 0. The van der Waals surface area contributed by atoms with Crippen LogP contribution in [0.2, 0.25) is 0 Å². The van der Waals surface area contributed by atoms with Gasteiger partial charge in [0.15, 0.2) is 0 Å². The lowest BCUT2D eigenvalue weighted by Gasteiger charge is -2.42. The van der Waals surface area contributed by atoms with E-state index in [2.05, 4.69) is 28.3 Å². The summed E-state index contributed by atoms with van der Waals surface area (Å²) in [5.74, 6) is 2.88. The zero-order chi connectivity index (χ0) is 16.1. The van der Waals surface area contributed by atoms with Crippen LogP contribution in [0.3, 0.4) is 0 Å². The molecule has 2 N–H and O–H groups in total. The number of nitrogens with one attached hydrogen (secondary N) is 1. The number of rotatable bonds is 4. The van der Waals surface area contributed by atoms with Crippen LogP contribution in [0.5, 0.6) is 0 Å². The quantitative estimate of drug-likeness (QED) is 0.782. The number of halogens is 2. The highest BCUT2D eigenvalue weighted by Crippen LogP contribution is 2.40. The minimum Gasteiger partial charge on any atom is -0.389 e. The molecular weight excluding hydrogens is 355 g/mol. The van der Waals surface area contributed by atoms with Crippen LogP contribution in [0, 0.1) is 12.3 Å². The number of benzene rings is 1. The standard InChI is InChI=1S/C20H28N2O.2ClH/c1-2-17-7-6-8-18(15-17)19(16-22-13-11-21-12-14-22)20(23)9-4-3-5-10-20;;/h1,6-8,15,19,21,23H,3-5,9-14,16H2;2*1H. The first-order valence-electron chi connectivity index (χ1n) is 8.93. The zero-order valence-electron chi connectivity index (χ0n) is 14.7. The molecule has 0 spiro atoms. The Labute approximate surface area is 164 Å². The Morgan fingerprint density at radius 1 is 1.16 bits per heavy atom. The van der Waals surface area contributed by atoms with Gasteiger partial charge in [0.1, 0.15) is 0 Å². The van der Waals surface area contributed by atoms with Crippen LogP contribution < -0.4 is 5.32 Å². The maximum atomic E-state index is 11.4. The lowest BCUT2D eigenvalue weighted by atomic mass is 9.72. The van der Waals surface area contributed by atoms with Gasteiger partial charge < -0.3 is 15.3 Å². The summed E-state index contributed by atoms with van der Waals surface area (Å²) in [7, 11) is 0. The van der Waals surface area contributed by atoms with Gasteiger partial charge in [-0.25, -0.2) is 0 Å². The minimum atomic E-state index is -0.587. The number of nitrogens with zero attached hydrogens (tertiary/aromatic N) is 1. The van der Waals surface area contributed by atoms with Crippen molar-refractivity contribution < 1.29 is 5.11 Å². The normalized spacial score (nSPS) is 21.3. The van der Waals surface area contributed by atoms with Gasteiger partial charge in [-0.15, -0.1) is 31.2 Å². The zero-order valence-corrected chi connectivity index (χ0v) is 16.4. The Hall–Kier alpha value is -0.760. The van der Waals surface area contributed by atoms with E-state index in [1.54, 1.807) is 0 Å². The molecule has 5 heteroatoms. The third-order valence-corrected chi connectivity index (χ3v) is 5.47. The van der Waals surface area contributed by atoms with Crippen LogP contribution >= 0.6 is 24.8 Å². The molecule has 1 aromatic rings. The number of hydrogen-bond acceptors (Lipinski definition) is 3. The summed E-state index contributed by atoms with van der Waals surface area (Å²) in [5.41, 5.74) is 1.52. The van der Waals surface area contributed by atoms with E-state index in [0.717, 1.165) is 64.0 Å². The second kappa shape index (κ2) is 10.4. The van der Waals surface area contributed by atoms with Gasteiger partial charge in [0.05, 0.1) is 5.60 Å². The Balaban J connectivity index is 0.00000156. The number of hydrogen-bond donors (Lipinski definition) is 2. The Morgan fingerprint density at radius 2 is 1.84 bits per heavy atom. The van der Waals surface area contributed by atoms with Crippen LogP contribution in [-0.2, 0) is 0 Å². The van der Waals surface area contributed by atoms with Crippen LogP contribution in [0.4, 0.5) is 0 Å². The largest absolute Gasteiger partial charge is 0.389 e. The highest BCUT2D eigenvalue weighted by atomic mass is 35.5. The molecule has 1 saturated heterocycles. The van der Waals surface area contributed by atoms with Gasteiger partial charge in [0.25, 0.3) is 0 Å². The van der Waals surface area contributed by atoms with E-state index in [9.17, 15) is 5.11 Å². The molecule has 3 rings (SSSR count). The van der Waals surface area contributed by atoms with E-state index in [4.69, 9.17) is 6.42 Å². The molecule has 1 aliphatic heterocycles. The highest BCUT2D eigenvalue weighted by Gasteiger charge is 2.39. The van der Waals surface area contributed by atoms with Gasteiger partial charge in [0, 0.05) is 44.2 Å². The molecule has 1 aromatic carbocycles. The van der Waals surface area contributed by atoms with E-state index < -0.39 is 5.60 Å². The van der Waals surface area contributed by atoms with Crippen molar-refractivity contribution >= 4 is 24.8 Å². The topological polar surface area (TPSA) is 35.5 Å². The number of aliphatic hydroxyl groups is 1. The van der Waals surface area contributed by atoms with Gasteiger partial charge in [-0.1, -0.05) is 37.3 Å². The lowest BCUT2D eigenvalue weighted by molar-refractivity contribution is -0.0316. The van der Waals surface area contributed by atoms with Crippen molar-refractivity contribution in [2.45, 2.75) is 43.6 Å². The van der Waals surface area contributed by atoms with Crippen molar-refractivity contribution in [3.8, 4) is 12.3 Å². The number of terminal acetylenes is 1. The SMILES string of the molecule is C#Cc1cccc(C(CN2CCNCC2)C2(O)CCCCC2)c1.Cl.Cl. The van der Waals surface area contributed by atoms with E-state index in [0.29, 0.717) is 0 Å². The summed E-state index contributed by atoms with van der Waals surface area (Å²) in [6, 6.07) is 8.23. The molecular formula is C20H30Cl2N2O. The molecule has 1 aliphatic carbocycles. The summed E-state index contributed by atoms with van der Waals surface area (Å²) < 4.78 is 0. The fraction of sp³-hybridized carbons (Fsp3) is 0.600. The Bertz CT molecular complexity index is 561. The molecule has 2 aliphatic rings.